The Bertz CT molecular complexity index is 906. The first-order chi connectivity index (χ1) is 13.5. The van der Waals surface area contributed by atoms with Gasteiger partial charge in [0.25, 0.3) is 5.91 Å². The molecule has 3 amide bonds. The largest absolute Gasteiger partial charge is 0.322 e. The lowest BCUT2D eigenvalue weighted by Gasteiger charge is -2.29. The molecule has 1 aliphatic heterocycles. The van der Waals surface area contributed by atoms with Crippen molar-refractivity contribution in [3.05, 3.63) is 60.2 Å². The van der Waals surface area contributed by atoms with Crippen molar-refractivity contribution in [2.24, 2.45) is 11.8 Å². The number of rotatable bonds is 3. The lowest BCUT2D eigenvalue weighted by molar-refractivity contribution is -0.122. The van der Waals surface area contributed by atoms with Crippen LogP contribution in [0.2, 0.25) is 0 Å². The van der Waals surface area contributed by atoms with Gasteiger partial charge in [-0.2, -0.15) is 0 Å². The Hall–Kier alpha value is -1.99. The van der Waals surface area contributed by atoms with Gasteiger partial charge in [-0.25, -0.2) is 4.90 Å². The molecule has 2 fully saturated rings. The third-order valence-electron chi connectivity index (χ3n) is 5.31. The quantitative estimate of drug-likeness (QED) is 0.497. The molecule has 5 nitrogen and oxygen atoms in total. The molecule has 0 aromatic heterocycles. The second-order valence-corrected chi connectivity index (χ2v) is 9.45. The number of hydrogen-bond acceptors (Lipinski definition) is 3. The highest BCUT2D eigenvalue weighted by Crippen LogP contribution is 2.44. The van der Waals surface area contributed by atoms with E-state index in [1.54, 1.807) is 48.5 Å². The van der Waals surface area contributed by atoms with Gasteiger partial charge in [0.1, 0.15) is 0 Å². The first kappa shape index (κ1) is 19.3. The van der Waals surface area contributed by atoms with Crippen molar-refractivity contribution in [2.45, 2.75) is 22.5 Å². The Balaban J connectivity index is 1.57. The Kier molecular flexibility index (Phi) is 5.38. The molecular weight excluding hydrogens is 488 g/mol. The molecule has 0 bridgehead atoms. The summed E-state index contributed by atoms with van der Waals surface area (Å²) in [6.45, 7) is 0. The molecule has 1 saturated carbocycles. The summed E-state index contributed by atoms with van der Waals surface area (Å²) in [5, 5.41) is 2.83. The van der Waals surface area contributed by atoms with E-state index in [9.17, 15) is 14.4 Å². The minimum absolute atomic E-state index is 0.162. The standard InChI is InChI=1S/C21H18Br2N2O3/c22-17-10-15-16(11-18(17)23)21(28)25(20(15)27)14-8-4-7-13(9-14)24-19(26)12-5-2-1-3-6-12/h1-9,15-18H,10-11H2,(H,24,26)/t15-,16-,17+,18+/m1/s1. The molecule has 4 atom stereocenters. The summed E-state index contributed by atoms with van der Waals surface area (Å²) in [5.41, 5.74) is 1.57. The molecule has 2 aliphatic rings. The van der Waals surface area contributed by atoms with Crippen LogP contribution in [-0.2, 0) is 9.59 Å². The number of hydrogen-bond donors (Lipinski definition) is 1. The smallest absolute Gasteiger partial charge is 0.255 e. The first-order valence-corrected chi connectivity index (χ1v) is 10.9. The second kappa shape index (κ2) is 7.79. The molecule has 2 aromatic rings. The van der Waals surface area contributed by atoms with Crippen molar-refractivity contribution in [3.63, 3.8) is 0 Å². The summed E-state index contributed by atoms with van der Waals surface area (Å²) < 4.78 is 0. The van der Waals surface area contributed by atoms with Gasteiger partial charge in [-0.3, -0.25) is 14.4 Å². The van der Waals surface area contributed by atoms with E-state index in [1.807, 2.05) is 6.07 Å². The number of benzene rings is 2. The van der Waals surface area contributed by atoms with E-state index in [1.165, 1.54) is 4.90 Å². The number of fused-ring (bicyclic) bond motifs is 1. The van der Waals surface area contributed by atoms with Gasteiger partial charge in [-0.1, -0.05) is 56.1 Å². The number of nitrogens with one attached hydrogen (secondary N) is 1. The predicted molar refractivity (Wildman–Crippen MR) is 115 cm³/mol. The lowest BCUT2D eigenvalue weighted by atomic mass is 9.81. The molecule has 0 spiro atoms. The normalized spacial score (nSPS) is 26.9. The maximum absolute atomic E-state index is 12.9. The van der Waals surface area contributed by atoms with Crippen molar-refractivity contribution in [3.8, 4) is 0 Å². The lowest BCUT2D eigenvalue weighted by Crippen LogP contribution is -2.34. The SMILES string of the molecule is O=C(Nc1cccc(N2C(=O)[C@@H]3C[C@H](Br)[C@@H](Br)C[C@H]3C2=O)c1)c1ccccc1. The third kappa shape index (κ3) is 3.53. The van der Waals surface area contributed by atoms with Crippen molar-refractivity contribution < 1.29 is 14.4 Å². The van der Waals surface area contributed by atoms with Gasteiger partial charge in [0.05, 0.1) is 17.5 Å². The molecule has 4 rings (SSSR count). The zero-order valence-corrected chi connectivity index (χ0v) is 18.0. The van der Waals surface area contributed by atoms with Crippen LogP contribution in [0.15, 0.2) is 54.6 Å². The van der Waals surface area contributed by atoms with Crippen molar-refractivity contribution in [2.75, 3.05) is 10.2 Å². The molecule has 1 aliphatic carbocycles. The van der Waals surface area contributed by atoms with Crippen LogP contribution < -0.4 is 10.2 Å². The van der Waals surface area contributed by atoms with Gasteiger partial charge < -0.3 is 5.32 Å². The molecule has 1 saturated heterocycles. The highest BCUT2D eigenvalue weighted by Gasteiger charge is 2.52. The Morgan fingerprint density at radius 1 is 0.893 bits per heavy atom. The average molecular weight is 506 g/mol. The number of alkyl halides is 2. The molecule has 1 heterocycles. The molecule has 0 unspecified atom stereocenters. The summed E-state index contributed by atoms with van der Waals surface area (Å²) in [4.78, 5) is 39.9. The topological polar surface area (TPSA) is 66.5 Å². The molecule has 1 N–H and O–H groups in total. The van der Waals surface area contributed by atoms with E-state index in [-0.39, 0.29) is 39.2 Å². The number of amides is 3. The van der Waals surface area contributed by atoms with Gasteiger partial charge in [0.2, 0.25) is 11.8 Å². The maximum atomic E-state index is 12.9. The monoisotopic (exact) mass is 504 g/mol. The number of anilines is 2. The fourth-order valence-electron chi connectivity index (χ4n) is 3.87. The van der Waals surface area contributed by atoms with Crippen LogP contribution in [0.3, 0.4) is 0 Å². The van der Waals surface area contributed by atoms with Crippen LogP contribution in [0.1, 0.15) is 23.2 Å². The summed E-state index contributed by atoms with van der Waals surface area (Å²) in [7, 11) is 0. The number of halogens is 2. The fraction of sp³-hybridized carbons (Fsp3) is 0.286. The van der Waals surface area contributed by atoms with Crippen LogP contribution in [0, 0.1) is 11.8 Å². The van der Waals surface area contributed by atoms with E-state index in [4.69, 9.17) is 0 Å². The Labute approximate surface area is 179 Å². The molecule has 2 aromatic carbocycles. The maximum Gasteiger partial charge on any atom is 0.255 e. The van der Waals surface area contributed by atoms with Crippen LogP contribution in [-0.4, -0.2) is 27.4 Å². The molecule has 0 radical (unpaired) electrons. The molecular formula is C21H18Br2N2O3. The fourth-order valence-corrected chi connectivity index (χ4v) is 5.10. The van der Waals surface area contributed by atoms with E-state index in [2.05, 4.69) is 37.2 Å². The number of imide groups is 1. The minimum atomic E-state index is -0.298. The zero-order valence-electron chi connectivity index (χ0n) is 14.8. The van der Waals surface area contributed by atoms with Crippen molar-refractivity contribution in [1.82, 2.24) is 0 Å². The van der Waals surface area contributed by atoms with Gasteiger partial charge in [-0.15, -0.1) is 0 Å². The second-order valence-electron chi connectivity index (χ2n) is 7.10. The summed E-state index contributed by atoms with van der Waals surface area (Å²) in [6, 6.07) is 15.8. The van der Waals surface area contributed by atoms with Crippen LogP contribution in [0.5, 0.6) is 0 Å². The van der Waals surface area contributed by atoms with Crippen molar-refractivity contribution >= 4 is 61.0 Å². The highest BCUT2D eigenvalue weighted by molar-refractivity contribution is 9.12. The van der Waals surface area contributed by atoms with E-state index in [0.29, 0.717) is 29.8 Å². The van der Waals surface area contributed by atoms with Crippen LogP contribution in [0.25, 0.3) is 0 Å². The van der Waals surface area contributed by atoms with Gasteiger partial charge >= 0.3 is 0 Å². The van der Waals surface area contributed by atoms with E-state index >= 15 is 0 Å². The first-order valence-electron chi connectivity index (χ1n) is 9.08. The van der Waals surface area contributed by atoms with Crippen molar-refractivity contribution in [1.29, 1.82) is 0 Å². The number of carbonyl (C=O) groups is 3. The third-order valence-corrected chi connectivity index (χ3v) is 8.04. The summed E-state index contributed by atoms with van der Waals surface area (Å²) >= 11 is 7.20. The molecule has 28 heavy (non-hydrogen) atoms. The number of nitrogens with zero attached hydrogens (tertiary/aromatic N) is 1. The Morgan fingerprint density at radius 3 is 2.11 bits per heavy atom. The minimum Gasteiger partial charge on any atom is -0.322 e. The van der Waals surface area contributed by atoms with Crippen LogP contribution >= 0.6 is 31.9 Å². The summed E-state index contributed by atoms with van der Waals surface area (Å²) in [5.74, 6) is -1.16. The van der Waals surface area contributed by atoms with E-state index in [0.717, 1.165) is 0 Å². The van der Waals surface area contributed by atoms with Crippen LogP contribution in [0.4, 0.5) is 11.4 Å². The Morgan fingerprint density at radius 2 is 1.50 bits per heavy atom. The van der Waals surface area contributed by atoms with Gasteiger partial charge in [0, 0.05) is 20.9 Å². The summed E-state index contributed by atoms with van der Waals surface area (Å²) in [6.07, 6.45) is 1.26. The van der Waals surface area contributed by atoms with Gasteiger partial charge in [0.15, 0.2) is 0 Å². The predicted octanol–water partition coefficient (Wildman–Crippen LogP) is 4.37. The average Bonchev–Trinajstić information content (AvgIpc) is 2.93. The van der Waals surface area contributed by atoms with Gasteiger partial charge in [-0.05, 0) is 43.2 Å². The molecule has 7 heteroatoms. The molecule has 144 valence electrons. The van der Waals surface area contributed by atoms with E-state index < -0.39 is 0 Å². The highest BCUT2D eigenvalue weighted by atomic mass is 79.9. The zero-order chi connectivity index (χ0) is 19.8. The number of carbonyl (C=O) groups excluding carboxylic acids is 3.